The third-order valence-corrected chi connectivity index (χ3v) is 3.15. The summed E-state index contributed by atoms with van der Waals surface area (Å²) in [4.78, 5) is 0. The first kappa shape index (κ1) is 13.2. The number of rotatable bonds is 1. The van der Waals surface area contributed by atoms with Crippen LogP contribution in [0.5, 0.6) is 0 Å². The molecule has 0 unspecified atom stereocenters. The highest BCUT2D eigenvalue weighted by atomic mass is 16.4. The number of ether oxygens (including phenoxy) is 1. The second-order valence-electron chi connectivity index (χ2n) is 4.65. The molecule has 0 amide bonds. The molecule has 1 fully saturated rings. The minimum Gasteiger partial charge on any atom is -0.388 e. The Labute approximate surface area is 99.8 Å². The van der Waals surface area contributed by atoms with E-state index < -0.39 is 0 Å². The van der Waals surface area contributed by atoms with E-state index in [0.29, 0.717) is 0 Å². The van der Waals surface area contributed by atoms with E-state index in [1.807, 2.05) is 0 Å². The molecule has 0 heterocycles. The fourth-order valence-corrected chi connectivity index (χ4v) is 2.27. The number of benzene rings is 1. The highest BCUT2D eigenvalue weighted by Gasteiger charge is 2.14. The van der Waals surface area contributed by atoms with Crippen molar-refractivity contribution in [2.24, 2.45) is 0 Å². The van der Waals surface area contributed by atoms with E-state index in [4.69, 9.17) is 0 Å². The molecule has 0 N–H and O–H groups in total. The number of aryl methyl sites for hydroxylation is 1. The molecule has 0 spiro atoms. The maximum absolute atomic E-state index is 4.25. The Morgan fingerprint density at radius 1 is 0.938 bits per heavy atom. The molecular formula is C15H24O. The van der Waals surface area contributed by atoms with Crippen molar-refractivity contribution in [2.75, 3.05) is 14.2 Å². The number of hydrogen-bond acceptors (Lipinski definition) is 1. The van der Waals surface area contributed by atoms with Gasteiger partial charge in [-0.3, -0.25) is 0 Å². The van der Waals surface area contributed by atoms with E-state index in [9.17, 15) is 0 Å². The van der Waals surface area contributed by atoms with E-state index in [1.165, 1.54) is 37.7 Å². The van der Waals surface area contributed by atoms with Gasteiger partial charge in [-0.25, -0.2) is 0 Å². The summed E-state index contributed by atoms with van der Waals surface area (Å²) in [6.07, 6.45) is 7.12. The number of methoxy groups -OCH3 is 1. The van der Waals surface area contributed by atoms with Crippen molar-refractivity contribution < 1.29 is 4.74 Å². The van der Waals surface area contributed by atoms with Crippen LogP contribution in [0.1, 0.15) is 49.1 Å². The quantitative estimate of drug-likeness (QED) is 0.685. The van der Waals surface area contributed by atoms with E-state index >= 15 is 0 Å². The Hall–Kier alpha value is -0.820. The van der Waals surface area contributed by atoms with Gasteiger partial charge in [0.05, 0.1) is 0 Å². The van der Waals surface area contributed by atoms with Crippen molar-refractivity contribution in [3.05, 3.63) is 35.4 Å². The normalized spacial score (nSPS) is 16.4. The van der Waals surface area contributed by atoms with Crippen molar-refractivity contribution >= 4 is 0 Å². The molecule has 0 aliphatic heterocycles. The average Bonchev–Trinajstić information content (AvgIpc) is 2.32. The minimum absolute atomic E-state index is 0.856. The van der Waals surface area contributed by atoms with E-state index in [-0.39, 0.29) is 0 Å². The lowest BCUT2D eigenvalue weighted by molar-refractivity contribution is 0.277. The standard InChI is InChI=1S/C13H18.C2H6O/c1-11-7-9-13(10-8-11)12-5-3-2-4-6-12;1-3-2/h7-10,12H,2-6H2,1H3;1-2H3. The predicted molar refractivity (Wildman–Crippen MR) is 69.9 cm³/mol. The van der Waals surface area contributed by atoms with Crippen LogP contribution in [0.25, 0.3) is 0 Å². The van der Waals surface area contributed by atoms with E-state index in [0.717, 1.165) is 5.92 Å². The van der Waals surface area contributed by atoms with Gasteiger partial charge in [0, 0.05) is 14.2 Å². The van der Waals surface area contributed by atoms with Gasteiger partial charge in [0.1, 0.15) is 0 Å². The summed E-state index contributed by atoms with van der Waals surface area (Å²) in [7, 11) is 3.25. The van der Waals surface area contributed by atoms with Crippen molar-refractivity contribution in [2.45, 2.75) is 44.9 Å². The van der Waals surface area contributed by atoms with Gasteiger partial charge >= 0.3 is 0 Å². The molecule has 1 saturated carbocycles. The third kappa shape index (κ3) is 4.36. The summed E-state index contributed by atoms with van der Waals surface area (Å²) in [5.41, 5.74) is 2.94. The molecule has 0 saturated heterocycles. The summed E-state index contributed by atoms with van der Waals surface area (Å²) >= 11 is 0. The molecule has 1 aliphatic rings. The lowest BCUT2D eigenvalue weighted by Crippen LogP contribution is -2.04. The monoisotopic (exact) mass is 220 g/mol. The molecule has 0 radical (unpaired) electrons. The average molecular weight is 220 g/mol. The molecule has 1 heteroatoms. The summed E-state index contributed by atoms with van der Waals surface area (Å²) in [5.74, 6) is 0.856. The summed E-state index contributed by atoms with van der Waals surface area (Å²) in [6, 6.07) is 9.10. The third-order valence-electron chi connectivity index (χ3n) is 3.15. The highest BCUT2D eigenvalue weighted by molar-refractivity contribution is 5.24. The second-order valence-corrected chi connectivity index (χ2v) is 4.65. The first-order chi connectivity index (χ1) is 7.77. The molecule has 90 valence electrons. The maximum atomic E-state index is 4.25. The van der Waals surface area contributed by atoms with Gasteiger partial charge in [0.25, 0.3) is 0 Å². The van der Waals surface area contributed by atoms with Crippen molar-refractivity contribution in [3.8, 4) is 0 Å². The Balaban J connectivity index is 0.000000386. The molecule has 1 aliphatic carbocycles. The van der Waals surface area contributed by atoms with Crippen LogP contribution >= 0.6 is 0 Å². The summed E-state index contributed by atoms with van der Waals surface area (Å²) < 4.78 is 4.25. The molecule has 16 heavy (non-hydrogen) atoms. The van der Waals surface area contributed by atoms with Gasteiger partial charge in [-0.15, -0.1) is 0 Å². The van der Waals surface area contributed by atoms with Crippen LogP contribution in [-0.2, 0) is 4.74 Å². The van der Waals surface area contributed by atoms with Crippen LogP contribution in [0.3, 0.4) is 0 Å². The molecule has 1 aromatic rings. The molecule has 0 bridgehead atoms. The van der Waals surface area contributed by atoms with Crippen LogP contribution in [-0.4, -0.2) is 14.2 Å². The highest BCUT2D eigenvalue weighted by Crippen LogP contribution is 2.32. The van der Waals surface area contributed by atoms with Gasteiger partial charge < -0.3 is 4.74 Å². The fourth-order valence-electron chi connectivity index (χ4n) is 2.27. The van der Waals surface area contributed by atoms with Crippen molar-refractivity contribution in [1.82, 2.24) is 0 Å². The molecule has 0 aromatic heterocycles. The molecular weight excluding hydrogens is 196 g/mol. The van der Waals surface area contributed by atoms with Crippen LogP contribution in [0.2, 0.25) is 0 Å². The first-order valence-electron chi connectivity index (χ1n) is 6.24. The Morgan fingerprint density at radius 3 is 1.94 bits per heavy atom. The molecule has 1 nitrogen and oxygen atoms in total. The SMILES string of the molecule is COC.Cc1ccc(C2CCCCC2)cc1. The topological polar surface area (TPSA) is 9.23 Å². The van der Waals surface area contributed by atoms with Gasteiger partial charge in [0.2, 0.25) is 0 Å². The largest absolute Gasteiger partial charge is 0.388 e. The van der Waals surface area contributed by atoms with Crippen molar-refractivity contribution in [3.63, 3.8) is 0 Å². The Kier molecular flexibility index (Phi) is 6.17. The number of hydrogen-bond donors (Lipinski definition) is 0. The maximum Gasteiger partial charge on any atom is 0.0351 e. The van der Waals surface area contributed by atoms with Crippen molar-refractivity contribution in [1.29, 1.82) is 0 Å². The lowest BCUT2D eigenvalue weighted by Gasteiger charge is -2.21. The zero-order valence-corrected chi connectivity index (χ0v) is 10.8. The molecule has 2 rings (SSSR count). The fraction of sp³-hybridized carbons (Fsp3) is 0.600. The van der Waals surface area contributed by atoms with E-state index in [1.54, 1.807) is 19.8 Å². The Morgan fingerprint density at radius 2 is 1.44 bits per heavy atom. The summed E-state index contributed by atoms with van der Waals surface area (Å²) in [6.45, 7) is 2.16. The smallest absolute Gasteiger partial charge is 0.0351 e. The van der Waals surface area contributed by atoms with Crippen LogP contribution in [0, 0.1) is 6.92 Å². The second kappa shape index (κ2) is 7.45. The summed E-state index contributed by atoms with van der Waals surface area (Å²) in [5, 5.41) is 0. The zero-order valence-electron chi connectivity index (χ0n) is 10.8. The first-order valence-corrected chi connectivity index (χ1v) is 6.24. The Bertz CT molecular complexity index is 270. The van der Waals surface area contributed by atoms with Gasteiger partial charge in [-0.05, 0) is 31.2 Å². The predicted octanol–water partition coefficient (Wildman–Crippen LogP) is 4.31. The van der Waals surface area contributed by atoms with Gasteiger partial charge in [0.15, 0.2) is 0 Å². The van der Waals surface area contributed by atoms with Gasteiger partial charge in [-0.2, -0.15) is 0 Å². The molecule has 0 atom stereocenters. The van der Waals surface area contributed by atoms with Crippen LogP contribution in [0.15, 0.2) is 24.3 Å². The van der Waals surface area contributed by atoms with Crippen LogP contribution < -0.4 is 0 Å². The van der Waals surface area contributed by atoms with Crippen LogP contribution in [0.4, 0.5) is 0 Å². The zero-order chi connectivity index (χ0) is 11.8. The lowest BCUT2D eigenvalue weighted by atomic mass is 9.84. The van der Waals surface area contributed by atoms with Gasteiger partial charge in [-0.1, -0.05) is 49.1 Å². The minimum atomic E-state index is 0.856. The van der Waals surface area contributed by atoms with E-state index in [2.05, 4.69) is 35.9 Å². The molecule has 1 aromatic carbocycles.